The summed E-state index contributed by atoms with van der Waals surface area (Å²) in [6.45, 7) is 2.82. The molecule has 2 aromatic carbocycles. The molecule has 3 aliphatic heterocycles. The zero-order valence-corrected chi connectivity index (χ0v) is 16.3. The normalized spacial score (nSPS) is 23.9. The third kappa shape index (κ3) is 2.90. The van der Waals surface area contributed by atoms with E-state index in [1.54, 1.807) is 35.4 Å². The third-order valence-electron chi connectivity index (χ3n) is 5.83. The molecule has 0 saturated carbocycles. The summed E-state index contributed by atoms with van der Waals surface area (Å²) in [5.74, 6) is -1.08. The number of nitrogens with zero attached hydrogens (tertiary/aromatic N) is 3. The average Bonchev–Trinajstić information content (AvgIpc) is 3.04. The Balaban J connectivity index is 1.46. The Labute approximate surface area is 174 Å². The zero-order chi connectivity index (χ0) is 20.7. The van der Waals surface area contributed by atoms with Crippen molar-refractivity contribution in [2.24, 2.45) is 0 Å². The predicted octanol–water partition coefficient (Wildman–Crippen LogP) is 2.04. The van der Waals surface area contributed by atoms with Gasteiger partial charge in [0.15, 0.2) is 0 Å². The molecule has 3 amide bonds. The summed E-state index contributed by atoms with van der Waals surface area (Å²) >= 11 is 0. The molecule has 0 bridgehead atoms. The minimum atomic E-state index is -0.853. The molecule has 2 saturated heterocycles. The summed E-state index contributed by atoms with van der Waals surface area (Å²) in [6.07, 6.45) is 3.63. The van der Waals surface area contributed by atoms with Gasteiger partial charge in [0.1, 0.15) is 6.04 Å². The lowest BCUT2D eigenvalue weighted by atomic mass is 9.87. The van der Waals surface area contributed by atoms with E-state index in [0.29, 0.717) is 24.3 Å². The van der Waals surface area contributed by atoms with Crippen LogP contribution >= 0.6 is 0 Å². The number of morpholine rings is 1. The number of hydrogen-bond donors (Lipinski definition) is 0. The molecular formula is C23H21N3O4. The number of rotatable bonds is 4. The second-order valence-corrected chi connectivity index (χ2v) is 7.52. The topological polar surface area (TPSA) is 70.2 Å². The van der Waals surface area contributed by atoms with Crippen molar-refractivity contribution in [2.45, 2.75) is 12.1 Å². The van der Waals surface area contributed by atoms with Gasteiger partial charge in [-0.1, -0.05) is 42.5 Å². The van der Waals surface area contributed by atoms with Gasteiger partial charge in [0.2, 0.25) is 0 Å². The number of hydrogen-bond acceptors (Lipinski definition) is 5. The minimum Gasteiger partial charge on any atom is -0.378 e. The van der Waals surface area contributed by atoms with Gasteiger partial charge < -0.3 is 14.5 Å². The predicted molar refractivity (Wildman–Crippen MR) is 108 cm³/mol. The van der Waals surface area contributed by atoms with Crippen LogP contribution in [0, 0.1) is 0 Å². The first kappa shape index (κ1) is 18.6. The first-order valence-electron chi connectivity index (χ1n) is 10.0. The quantitative estimate of drug-likeness (QED) is 0.577. The molecule has 3 heterocycles. The summed E-state index contributed by atoms with van der Waals surface area (Å²) in [6, 6.07) is 14.9. The third-order valence-corrected chi connectivity index (χ3v) is 5.83. The van der Waals surface area contributed by atoms with Crippen molar-refractivity contribution in [3.8, 4) is 0 Å². The molecule has 0 N–H and O–H groups in total. The van der Waals surface area contributed by atoms with E-state index in [0.717, 1.165) is 23.6 Å². The van der Waals surface area contributed by atoms with Crippen LogP contribution in [0.15, 0.2) is 67.0 Å². The van der Waals surface area contributed by atoms with Gasteiger partial charge in [-0.25, -0.2) is 0 Å². The number of imide groups is 1. The van der Waals surface area contributed by atoms with Crippen LogP contribution in [0.2, 0.25) is 0 Å². The van der Waals surface area contributed by atoms with E-state index in [2.05, 4.69) is 4.90 Å². The Bertz CT molecular complexity index is 995. The highest BCUT2D eigenvalue weighted by Crippen LogP contribution is 2.41. The number of carbonyl (C=O) groups is 3. The van der Waals surface area contributed by atoms with Crippen molar-refractivity contribution in [1.82, 2.24) is 14.7 Å². The van der Waals surface area contributed by atoms with Gasteiger partial charge in [0, 0.05) is 25.5 Å². The van der Waals surface area contributed by atoms with Crippen molar-refractivity contribution >= 4 is 17.7 Å². The molecule has 2 fully saturated rings. The summed E-state index contributed by atoms with van der Waals surface area (Å²) in [7, 11) is 0. The van der Waals surface area contributed by atoms with Crippen LogP contribution in [0.25, 0.3) is 0 Å². The molecule has 0 spiro atoms. The van der Waals surface area contributed by atoms with E-state index in [1.165, 1.54) is 0 Å². The lowest BCUT2D eigenvalue weighted by Crippen LogP contribution is -2.65. The van der Waals surface area contributed by atoms with E-state index in [9.17, 15) is 14.4 Å². The first-order chi connectivity index (χ1) is 14.7. The highest BCUT2D eigenvalue weighted by molar-refractivity contribution is 6.23. The molecule has 0 aliphatic carbocycles. The summed E-state index contributed by atoms with van der Waals surface area (Å²) in [5, 5.41) is 0. The van der Waals surface area contributed by atoms with E-state index in [-0.39, 0.29) is 5.91 Å². The second-order valence-electron chi connectivity index (χ2n) is 7.52. The largest absolute Gasteiger partial charge is 0.378 e. The smallest absolute Gasteiger partial charge is 0.262 e. The molecule has 0 aromatic heterocycles. The maximum absolute atomic E-state index is 13.1. The number of benzene rings is 2. The molecule has 7 nitrogen and oxygen atoms in total. The van der Waals surface area contributed by atoms with E-state index in [1.807, 2.05) is 36.5 Å². The van der Waals surface area contributed by atoms with Crippen LogP contribution < -0.4 is 0 Å². The molecule has 5 rings (SSSR count). The number of carbonyl (C=O) groups excluding carboxylic acids is 3. The fourth-order valence-electron chi connectivity index (χ4n) is 4.26. The van der Waals surface area contributed by atoms with Crippen molar-refractivity contribution in [1.29, 1.82) is 0 Å². The van der Waals surface area contributed by atoms with Crippen LogP contribution in [0.5, 0.6) is 0 Å². The number of ether oxygens (including phenoxy) is 1. The van der Waals surface area contributed by atoms with Crippen LogP contribution in [0.4, 0.5) is 0 Å². The summed E-state index contributed by atoms with van der Waals surface area (Å²) in [4.78, 5) is 43.9. The molecule has 30 heavy (non-hydrogen) atoms. The molecule has 2 atom stereocenters. The van der Waals surface area contributed by atoms with Crippen LogP contribution in [-0.4, -0.2) is 64.8 Å². The molecule has 0 unspecified atom stereocenters. The van der Waals surface area contributed by atoms with Crippen LogP contribution in [0.1, 0.15) is 32.3 Å². The summed E-state index contributed by atoms with van der Waals surface area (Å²) < 4.78 is 5.36. The monoisotopic (exact) mass is 403 g/mol. The van der Waals surface area contributed by atoms with Crippen LogP contribution in [-0.2, 0) is 9.53 Å². The van der Waals surface area contributed by atoms with Crippen molar-refractivity contribution in [2.75, 3.05) is 26.3 Å². The maximum atomic E-state index is 13.1. The number of β-lactam (4-membered cyclic amide) rings is 1. The molecule has 2 aromatic rings. The van der Waals surface area contributed by atoms with Gasteiger partial charge in [0.05, 0.1) is 30.4 Å². The standard InChI is InChI=1S/C23H21N3O4/c27-21-17-8-4-5-9-18(17)22(28)26(21)20-19(16-6-2-1-3-7-16)25(23(20)29)11-10-24-12-14-30-15-13-24/h1-11,19-20H,12-15H2/t19-,20+/m0/s1. The minimum absolute atomic E-state index is 0.261. The zero-order valence-electron chi connectivity index (χ0n) is 16.3. The fourth-order valence-corrected chi connectivity index (χ4v) is 4.26. The van der Waals surface area contributed by atoms with Gasteiger partial charge in [0.25, 0.3) is 17.7 Å². The summed E-state index contributed by atoms with van der Waals surface area (Å²) in [5.41, 5.74) is 1.58. The fraction of sp³-hybridized carbons (Fsp3) is 0.261. The molecule has 3 aliphatic rings. The van der Waals surface area contributed by atoms with Gasteiger partial charge in [-0.3, -0.25) is 19.3 Å². The lowest BCUT2D eigenvalue weighted by Gasteiger charge is -2.48. The Morgan fingerprint density at radius 3 is 2.00 bits per heavy atom. The molecule has 152 valence electrons. The number of amides is 3. The Kier molecular flexibility index (Phi) is 4.59. The maximum Gasteiger partial charge on any atom is 0.262 e. The molecular weight excluding hydrogens is 382 g/mol. The van der Waals surface area contributed by atoms with Crippen molar-refractivity contribution < 1.29 is 19.1 Å². The Hall–Kier alpha value is -3.45. The molecule has 0 radical (unpaired) electrons. The van der Waals surface area contributed by atoms with Gasteiger partial charge in [-0.05, 0) is 17.7 Å². The second kappa shape index (κ2) is 7.42. The Morgan fingerprint density at radius 1 is 0.767 bits per heavy atom. The lowest BCUT2D eigenvalue weighted by molar-refractivity contribution is -0.150. The van der Waals surface area contributed by atoms with Crippen molar-refractivity contribution in [3.63, 3.8) is 0 Å². The van der Waals surface area contributed by atoms with Crippen molar-refractivity contribution in [3.05, 3.63) is 83.7 Å². The first-order valence-corrected chi connectivity index (χ1v) is 10.0. The highest BCUT2D eigenvalue weighted by Gasteiger charge is 2.56. The SMILES string of the molecule is O=C1[C@H](N2C(=O)c3ccccc3C2=O)[C@H](c2ccccc2)N1C=CN1CCOCC1. The van der Waals surface area contributed by atoms with E-state index >= 15 is 0 Å². The number of fused-ring (bicyclic) bond motifs is 1. The average molecular weight is 403 g/mol. The van der Waals surface area contributed by atoms with Gasteiger partial charge >= 0.3 is 0 Å². The van der Waals surface area contributed by atoms with Gasteiger partial charge in [-0.2, -0.15) is 0 Å². The van der Waals surface area contributed by atoms with Crippen LogP contribution in [0.3, 0.4) is 0 Å². The van der Waals surface area contributed by atoms with Gasteiger partial charge in [-0.15, -0.1) is 0 Å². The van der Waals surface area contributed by atoms with E-state index < -0.39 is 23.9 Å². The molecule has 7 heteroatoms. The highest BCUT2D eigenvalue weighted by atomic mass is 16.5. The van der Waals surface area contributed by atoms with E-state index in [4.69, 9.17) is 4.74 Å². The number of likely N-dealkylation sites (tertiary alicyclic amines) is 1. The Morgan fingerprint density at radius 2 is 1.37 bits per heavy atom.